The largest absolute Gasteiger partial charge is 0.348 e. The first-order chi connectivity index (χ1) is 13.3. The standard InChI is InChI=1S/C19H21N7O/c27-18(5-4-15-3-1-6-20-12-15)25-9-10-26-17(14-25)11-16(24-26)13-23-19-21-7-2-8-22-19/h1-3,6-8,11-12H,4-5,9-10,13-14H2,(H,21,22,23). The molecule has 1 aliphatic rings. The number of carbonyl (C=O) groups excluding carboxylic acids is 1. The van der Waals surface area contributed by atoms with E-state index >= 15 is 0 Å². The average molecular weight is 363 g/mol. The van der Waals surface area contributed by atoms with Crippen LogP contribution in [0.4, 0.5) is 5.95 Å². The van der Waals surface area contributed by atoms with Gasteiger partial charge in [0.2, 0.25) is 11.9 Å². The zero-order valence-electron chi connectivity index (χ0n) is 15.0. The van der Waals surface area contributed by atoms with Gasteiger partial charge in [-0.3, -0.25) is 14.5 Å². The summed E-state index contributed by atoms with van der Waals surface area (Å²) in [5, 5.41) is 7.76. The summed E-state index contributed by atoms with van der Waals surface area (Å²) in [5.74, 6) is 0.749. The highest BCUT2D eigenvalue weighted by Gasteiger charge is 2.22. The van der Waals surface area contributed by atoms with Crippen LogP contribution in [0.15, 0.2) is 49.1 Å². The number of anilines is 1. The van der Waals surface area contributed by atoms with E-state index in [9.17, 15) is 4.79 Å². The number of amides is 1. The van der Waals surface area contributed by atoms with Crippen molar-refractivity contribution in [2.75, 3.05) is 11.9 Å². The first kappa shape index (κ1) is 17.1. The number of aryl methyl sites for hydroxylation is 1. The van der Waals surface area contributed by atoms with Crippen LogP contribution < -0.4 is 5.32 Å². The van der Waals surface area contributed by atoms with Crippen molar-refractivity contribution >= 4 is 11.9 Å². The van der Waals surface area contributed by atoms with E-state index in [1.54, 1.807) is 24.7 Å². The van der Waals surface area contributed by atoms with E-state index < -0.39 is 0 Å². The van der Waals surface area contributed by atoms with Crippen LogP contribution in [0.3, 0.4) is 0 Å². The van der Waals surface area contributed by atoms with Crippen LogP contribution in [0.5, 0.6) is 0 Å². The lowest BCUT2D eigenvalue weighted by atomic mass is 10.1. The van der Waals surface area contributed by atoms with Gasteiger partial charge in [-0.05, 0) is 30.2 Å². The highest BCUT2D eigenvalue weighted by molar-refractivity contribution is 5.76. The molecular weight excluding hydrogens is 342 g/mol. The summed E-state index contributed by atoms with van der Waals surface area (Å²) in [4.78, 5) is 26.8. The Morgan fingerprint density at radius 3 is 2.85 bits per heavy atom. The topological polar surface area (TPSA) is 88.8 Å². The van der Waals surface area contributed by atoms with Gasteiger partial charge in [-0.2, -0.15) is 5.10 Å². The number of nitrogens with one attached hydrogen (secondary N) is 1. The van der Waals surface area contributed by atoms with E-state index in [0.717, 1.165) is 23.5 Å². The first-order valence-electron chi connectivity index (χ1n) is 9.01. The summed E-state index contributed by atoms with van der Waals surface area (Å²) in [7, 11) is 0. The predicted molar refractivity (Wildman–Crippen MR) is 99.6 cm³/mol. The molecule has 0 spiro atoms. The van der Waals surface area contributed by atoms with E-state index in [1.807, 2.05) is 34.0 Å². The minimum atomic E-state index is 0.170. The smallest absolute Gasteiger partial charge is 0.223 e. The Kier molecular flexibility index (Phi) is 5.04. The van der Waals surface area contributed by atoms with Crippen LogP contribution >= 0.6 is 0 Å². The molecule has 0 saturated heterocycles. The number of carbonyl (C=O) groups is 1. The van der Waals surface area contributed by atoms with Crippen molar-refractivity contribution in [1.82, 2.24) is 29.6 Å². The molecule has 1 N–H and O–H groups in total. The summed E-state index contributed by atoms with van der Waals surface area (Å²) in [5.41, 5.74) is 3.06. The van der Waals surface area contributed by atoms with Crippen molar-refractivity contribution in [2.45, 2.75) is 32.5 Å². The Morgan fingerprint density at radius 2 is 2.04 bits per heavy atom. The van der Waals surface area contributed by atoms with Crippen molar-refractivity contribution in [1.29, 1.82) is 0 Å². The summed E-state index contributed by atoms with van der Waals surface area (Å²) in [6.07, 6.45) is 8.17. The third-order valence-electron chi connectivity index (χ3n) is 4.54. The number of nitrogens with zero attached hydrogens (tertiary/aromatic N) is 6. The predicted octanol–water partition coefficient (Wildman–Crippen LogP) is 1.66. The highest BCUT2D eigenvalue weighted by atomic mass is 16.2. The van der Waals surface area contributed by atoms with E-state index in [-0.39, 0.29) is 5.91 Å². The Morgan fingerprint density at radius 1 is 1.15 bits per heavy atom. The third kappa shape index (κ3) is 4.28. The van der Waals surface area contributed by atoms with E-state index in [4.69, 9.17) is 0 Å². The summed E-state index contributed by atoms with van der Waals surface area (Å²) in [6.45, 7) is 2.56. The molecule has 4 heterocycles. The SMILES string of the molecule is O=C(CCc1cccnc1)N1CCn2nc(CNc3ncccn3)cc2C1. The molecule has 0 unspecified atom stereocenters. The average Bonchev–Trinajstić information content (AvgIpc) is 3.14. The maximum atomic E-state index is 12.5. The zero-order chi connectivity index (χ0) is 18.5. The van der Waals surface area contributed by atoms with Crippen molar-refractivity contribution in [3.63, 3.8) is 0 Å². The molecule has 138 valence electrons. The second-order valence-electron chi connectivity index (χ2n) is 6.45. The normalized spacial score (nSPS) is 13.3. The van der Waals surface area contributed by atoms with Crippen LogP contribution in [-0.4, -0.2) is 42.1 Å². The molecule has 0 bridgehead atoms. The van der Waals surface area contributed by atoms with Gasteiger partial charge < -0.3 is 10.2 Å². The molecule has 27 heavy (non-hydrogen) atoms. The Balaban J connectivity index is 1.32. The molecule has 0 fully saturated rings. The van der Waals surface area contributed by atoms with E-state index in [0.29, 0.717) is 38.4 Å². The number of pyridine rings is 1. The minimum Gasteiger partial charge on any atom is -0.348 e. The monoisotopic (exact) mass is 363 g/mol. The molecule has 3 aromatic heterocycles. The number of rotatable bonds is 6. The Hall–Kier alpha value is -3.29. The van der Waals surface area contributed by atoms with Gasteiger partial charge in [0.15, 0.2) is 0 Å². The van der Waals surface area contributed by atoms with Gasteiger partial charge in [0.05, 0.1) is 31.0 Å². The highest BCUT2D eigenvalue weighted by Crippen LogP contribution is 2.16. The van der Waals surface area contributed by atoms with E-state index in [2.05, 4.69) is 25.4 Å². The van der Waals surface area contributed by atoms with Gasteiger partial charge >= 0.3 is 0 Å². The summed E-state index contributed by atoms with van der Waals surface area (Å²) in [6, 6.07) is 7.72. The fourth-order valence-electron chi connectivity index (χ4n) is 3.14. The van der Waals surface area contributed by atoms with Crippen molar-refractivity contribution < 1.29 is 4.79 Å². The molecule has 8 nitrogen and oxygen atoms in total. The van der Waals surface area contributed by atoms with Gasteiger partial charge in [0.1, 0.15) is 0 Å². The van der Waals surface area contributed by atoms with Crippen LogP contribution in [0.25, 0.3) is 0 Å². The molecule has 1 aliphatic heterocycles. The Bertz CT molecular complexity index is 895. The van der Waals surface area contributed by atoms with Crippen molar-refractivity contribution in [3.05, 3.63) is 66.0 Å². The van der Waals surface area contributed by atoms with E-state index in [1.165, 1.54) is 0 Å². The number of hydrogen-bond donors (Lipinski definition) is 1. The maximum absolute atomic E-state index is 12.5. The number of fused-ring (bicyclic) bond motifs is 1. The first-order valence-corrected chi connectivity index (χ1v) is 9.01. The van der Waals surface area contributed by atoms with Gasteiger partial charge in [-0.1, -0.05) is 6.07 Å². The molecular formula is C19H21N7O. The second kappa shape index (κ2) is 7.94. The van der Waals surface area contributed by atoms with Crippen molar-refractivity contribution in [2.24, 2.45) is 0 Å². The lowest BCUT2D eigenvalue weighted by Crippen LogP contribution is -2.38. The maximum Gasteiger partial charge on any atom is 0.223 e. The Labute approximate surface area is 157 Å². The lowest BCUT2D eigenvalue weighted by Gasteiger charge is -2.27. The molecule has 4 rings (SSSR count). The van der Waals surface area contributed by atoms with Gasteiger partial charge in [0.25, 0.3) is 0 Å². The van der Waals surface area contributed by atoms with Gasteiger partial charge in [-0.25, -0.2) is 9.97 Å². The van der Waals surface area contributed by atoms with Crippen LogP contribution in [0, 0.1) is 0 Å². The molecule has 0 aromatic carbocycles. The lowest BCUT2D eigenvalue weighted by molar-refractivity contribution is -0.132. The quantitative estimate of drug-likeness (QED) is 0.716. The zero-order valence-corrected chi connectivity index (χ0v) is 15.0. The molecule has 0 atom stereocenters. The summed E-state index contributed by atoms with van der Waals surface area (Å²) < 4.78 is 1.98. The molecule has 0 saturated carbocycles. The number of aromatic nitrogens is 5. The minimum absolute atomic E-state index is 0.170. The van der Waals surface area contributed by atoms with Crippen LogP contribution in [0.1, 0.15) is 23.4 Å². The third-order valence-corrected chi connectivity index (χ3v) is 4.54. The molecule has 0 aliphatic carbocycles. The van der Waals surface area contributed by atoms with Gasteiger partial charge in [0, 0.05) is 37.8 Å². The van der Waals surface area contributed by atoms with Crippen molar-refractivity contribution in [3.8, 4) is 0 Å². The van der Waals surface area contributed by atoms with Gasteiger partial charge in [-0.15, -0.1) is 0 Å². The summed E-state index contributed by atoms with van der Waals surface area (Å²) >= 11 is 0. The fourth-order valence-corrected chi connectivity index (χ4v) is 3.14. The number of hydrogen-bond acceptors (Lipinski definition) is 6. The molecule has 3 aromatic rings. The molecule has 1 amide bonds. The molecule has 0 radical (unpaired) electrons. The fraction of sp³-hybridized carbons (Fsp3) is 0.316. The van der Waals surface area contributed by atoms with Crippen LogP contribution in [0.2, 0.25) is 0 Å². The second-order valence-corrected chi connectivity index (χ2v) is 6.45. The molecule has 8 heteroatoms. The van der Waals surface area contributed by atoms with Crippen LogP contribution in [-0.2, 0) is 30.8 Å².